The third-order valence-electron chi connectivity index (χ3n) is 3.31. The van der Waals surface area contributed by atoms with E-state index in [-0.39, 0.29) is 11.8 Å². The predicted octanol–water partition coefficient (Wildman–Crippen LogP) is -0.928. The van der Waals surface area contributed by atoms with Crippen molar-refractivity contribution < 1.29 is 9.59 Å². The molecule has 0 spiro atoms. The van der Waals surface area contributed by atoms with Crippen molar-refractivity contribution in [3.8, 4) is 0 Å². The summed E-state index contributed by atoms with van der Waals surface area (Å²) >= 11 is 0. The van der Waals surface area contributed by atoms with E-state index >= 15 is 0 Å². The van der Waals surface area contributed by atoms with Crippen molar-refractivity contribution in [2.75, 3.05) is 19.6 Å². The van der Waals surface area contributed by atoms with Gasteiger partial charge in [0.05, 0.1) is 0 Å². The number of amides is 2. The number of hydrogen-bond acceptors (Lipinski definition) is 3. The van der Waals surface area contributed by atoms with Gasteiger partial charge in [0.2, 0.25) is 11.8 Å². The molecule has 0 aromatic carbocycles. The molecule has 0 radical (unpaired) electrons. The van der Waals surface area contributed by atoms with E-state index in [9.17, 15) is 9.59 Å². The molecular formula is C10H17N3O2. The van der Waals surface area contributed by atoms with Crippen LogP contribution in [0.1, 0.15) is 19.3 Å². The molecule has 2 fully saturated rings. The monoisotopic (exact) mass is 211 g/mol. The van der Waals surface area contributed by atoms with Crippen molar-refractivity contribution in [3.63, 3.8) is 0 Å². The second-order valence-electron chi connectivity index (χ2n) is 4.28. The van der Waals surface area contributed by atoms with Crippen LogP contribution in [0.15, 0.2) is 0 Å². The van der Waals surface area contributed by atoms with Gasteiger partial charge in [-0.15, -0.1) is 0 Å². The molecule has 1 atom stereocenters. The van der Waals surface area contributed by atoms with E-state index < -0.39 is 11.9 Å². The molecule has 1 unspecified atom stereocenters. The van der Waals surface area contributed by atoms with Crippen molar-refractivity contribution >= 4 is 11.8 Å². The Hall–Kier alpha value is -1.10. The Kier molecular flexibility index (Phi) is 2.90. The highest BCUT2D eigenvalue weighted by molar-refractivity contribution is 5.88. The molecule has 5 heteroatoms. The number of carbonyl (C=O) groups is 2. The highest BCUT2D eigenvalue weighted by Gasteiger charge is 2.36. The van der Waals surface area contributed by atoms with Gasteiger partial charge >= 0.3 is 0 Å². The molecule has 5 nitrogen and oxygen atoms in total. The van der Waals surface area contributed by atoms with Gasteiger partial charge < -0.3 is 16.0 Å². The Morgan fingerprint density at radius 1 is 1.33 bits per heavy atom. The highest BCUT2D eigenvalue weighted by Crippen LogP contribution is 2.29. The smallest absolute Gasteiger partial charge is 0.241 e. The average Bonchev–Trinajstić information content (AvgIpc) is 2.15. The van der Waals surface area contributed by atoms with E-state index in [4.69, 9.17) is 5.73 Å². The van der Waals surface area contributed by atoms with Crippen LogP contribution in [0.3, 0.4) is 0 Å². The molecule has 15 heavy (non-hydrogen) atoms. The minimum atomic E-state index is -0.452. The van der Waals surface area contributed by atoms with Crippen molar-refractivity contribution in [2.24, 2.45) is 11.7 Å². The van der Waals surface area contributed by atoms with Crippen molar-refractivity contribution in [3.05, 3.63) is 0 Å². The standard InChI is InChI=1S/C10H17N3O2/c11-9(14)8-6-12-4-5-13(8)10(15)7-2-1-3-7/h7-8,12H,1-6H2,(H2,11,14). The molecule has 1 saturated carbocycles. The van der Waals surface area contributed by atoms with E-state index in [0.717, 1.165) is 25.8 Å². The Morgan fingerprint density at radius 2 is 2.07 bits per heavy atom. The molecule has 2 amide bonds. The zero-order valence-electron chi connectivity index (χ0n) is 8.74. The Morgan fingerprint density at radius 3 is 2.60 bits per heavy atom. The molecule has 2 aliphatic rings. The minimum Gasteiger partial charge on any atom is -0.368 e. The largest absolute Gasteiger partial charge is 0.368 e. The molecule has 84 valence electrons. The number of hydrogen-bond donors (Lipinski definition) is 2. The fourth-order valence-electron chi connectivity index (χ4n) is 2.11. The van der Waals surface area contributed by atoms with Crippen LogP contribution >= 0.6 is 0 Å². The second kappa shape index (κ2) is 4.18. The van der Waals surface area contributed by atoms with E-state index in [0.29, 0.717) is 13.1 Å². The Balaban J connectivity index is 2.03. The summed E-state index contributed by atoms with van der Waals surface area (Å²) in [5.41, 5.74) is 5.28. The zero-order chi connectivity index (χ0) is 10.8. The van der Waals surface area contributed by atoms with Crippen LogP contribution in [0.5, 0.6) is 0 Å². The number of nitrogens with one attached hydrogen (secondary N) is 1. The van der Waals surface area contributed by atoms with Crippen LogP contribution in [-0.4, -0.2) is 42.4 Å². The first-order chi connectivity index (χ1) is 7.20. The molecule has 0 aromatic heterocycles. The van der Waals surface area contributed by atoms with Crippen LogP contribution in [0, 0.1) is 5.92 Å². The summed E-state index contributed by atoms with van der Waals surface area (Å²) < 4.78 is 0. The van der Waals surface area contributed by atoms with E-state index in [1.54, 1.807) is 4.90 Å². The van der Waals surface area contributed by atoms with Crippen molar-refractivity contribution in [1.82, 2.24) is 10.2 Å². The van der Waals surface area contributed by atoms with Gasteiger partial charge in [-0.1, -0.05) is 6.42 Å². The average molecular weight is 211 g/mol. The molecule has 2 rings (SSSR count). The van der Waals surface area contributed by atoms with Crippen LogP contribution in [-0.2, 0) is 9.59 Å². The molecule has 1 aliphatic heterocycles. The third-order valence-corrected chi connectivity index (χ3v) is 3.31. The lowest BCUT2D eigenvalue weighted by Crippen LogP contribution is -2.60. The summed E-state index contributed by atoms with van der Waals surface area (Å²) in [5.74, 6) is -0.147. The molecule has 3 N–H and O–H groups in total. The highest BCUT2D eigenvalue weighted by atomic mass is 16.2. The van der Waals surface area contributed by atoms with Crippen LogP contribution < -0.4 is 11.1 Å². The van der Waals surface area contributed by atoms with Gasteiger partial charge in [0, 0.05) is 25.6 Å². The lowest BCUT2D eigenvalue weighted by Gasteiger charge is -2.38. The SMILES string of the molecule is NC(=O)C1CNCCN1C(=O)C1CCC1. The predicted molar refractivity (Wildman–Crippen MR) is 54.9 cm³/mol. The molecule has 1 heterocycles. The number of primary amides is 1. The fraction of sp³-hybridized carbons (Fsp3) is 0.800. The first-order valence-electron chi connectivity index (χ1n) is 5.50. The molecule has 1 aliphatic carbocycles. The molecule has 0 bridgehead atoms. The van der Waals surface area contributed by atoms with E-state index in [2.05, 4.69) is 5.32 Å². The van der Waals surface area contributed by atoms with Gasteiger partial charge in [0.15, 0.2) is 0 Å². The van der Waals surface area contributed by atoms with Crippen LogP contribution in [0.2, 0.25) is 0 Å². The van der Waals surface area contributed by atoms with Crippen molar-refractivity contribution in [1.29, 1.82) is 0 Å². The molecule has 1 saturated heterocycles. The van der Waals surface area contributed by atoms with Gasteiger partial charge in [0.1, 0.15) is 6.04 Å². The molecular weight excluding hydrogens is 194 g/mol. The number of nitrogens with two attached hydrogens (primary N) is 1. The number of carbonyl (C=O) groups excluding carboxylic acids is 2. The zero-order valence-corrected chi connectivity index (χ0v) is 8.74. The molecule has 0 aromatic rings. The maximum atomic E-state index is 12.0. The normalized spacial score (nSPS) is 27.2. The topological polar surface area (TPSA) is 75.4 Å². The number of nitrogens with zero attached hydrogens (tertiary/aromatic N) is 1. The summed E-state index contributed by atoms with van der Waals surface area (Å²) in [7, 11) is 0. The van der Waals surface area contributed by atoms with Gasteiger partial charge in [-0.25, -0.2) is 0 Å². The maximum Gasteiger partial charge on any atom is 0.241 e. The summed E-state index contributed by atoms with van der Waals surface area (Å²) in [6.07, 6.45) is 3.06. The first-order valence-corrected chi connectivity index (χ1v) is 5.50. The fourth-order valence-corrected chi connectivity index (χ4v) is 2.11. The van der Waals surface area contributed by atoms with Crippen LogP contribution in [0.4, 0.5) is 0 Å². The van der Waals surface area contributed by atoms with Crippen LogP contribution in [0.25, 0.3) is 0 Å². The summed E-state index contributed by atoms with van der Waals surface area (Å²) in [6.45, 7) is 1.85. The second-order valence-corrected chi connectivity index (χ2v) is 4.28. The Labute approximate surface area is 89.0 Å². The minimum absolute atomic E-state index is 0.117. The van der Waals surface area contributed by atoms with E-state index in [1.807, 2.05) is 0 Å². The van der Waals surface area contributed by atoms with Gasteiger partial charge in [0.25, 0.3) is 0 Å². The van der Waals surface area contributed by atoms with Crippen molar-refractivity contribution in [2.45, 2.75) is 25.3 Å². The van der Waals surface area contributed by atoms with Gasteiger partial charge in [-0.3, -0.25) is 9.59 Å². The maximum absolute atomic E-state index is 12.0. The number of piperazine rings is 1. The third kappa shape index (κ3) is 1.97. The lowest BCUT2D eigenvalue weighted by atomic mass is 9.84. The number of rotatable bonds is 2. The summed E-state index contributed by atoms with van der Waals surface area (Å²) in [5, 5.41) is 3.08. The van der Waals surface area contributed by atoms with Gasteiger partial charge in [-0.2, -0.15) is 0 Å². The summed E-state index contributed by atoms with van der Waals surface area (Å²) in [4.78, 5) is 24.8. The van der Waals surface area contributed by atoms with Gasteiger partial charge in [-0.05, 0) is 12.8 Å². The summed E-state index contributed by atoms with van der Waals surface area (Å²) in [6, 6.07) is -0.452. The first kappa shape index (κ1) is 10.4. The lowest BCUT2D eigenvalue weighted by molar-refractivity contribution is -0.145. The quantitative estimate of drug-likeness (QED) is 0.620. The Bertz CT molecular complexity index is 276. The van der Waals surface area contributed by atoms with E-state index in [1.165, 1.54) is 0 Å².